The zero-order valence-corrected chi connectivity index (χ0v) is 10.6. The highest BCUT2D eigenvalue weighted by molar-refractivity contribution is 5.91. The maximum atomic E-state index is 13.5. The second-order valence-corrected chi connectivity index (χ2v) is 3.89. The standard InChI is InChI=1S/C11H12FN3O5/c1-5(10(16)13-2)14-8-4-7(12)6(11(17)18)3-9(8)15(19)20/h3-5,14H,1-2H3,(H,13,16)(H,17,18). The van der Waals surface area contributed by atoms with Crippen LogP contribution in [0.3, 0.4) is 0 Å². The van der Waals surface area contributed by atoms with E-state index in [-0.39, 0.29) is 5.69 Å². The minimum Gasteiger partial charge on any atom is -0.478 e. The van der Waals surface area contributed by atoms with Gasteiger partial charge in [-0.2, -0.15) is 0 Å². The lowest BCUT2D eigenvalue weighted by Crippen LogP contribution is -2.35. The number of hydrogen-bond acceptors (Lipinski definition) is 5. The number of carboxylic acid groups (broad SMARTS) is 1. The lowest BCUT2D eigenvalue weighted by Gasteiger charge is -2.14. The van der Waals surface area contributed by atoms with E-state index in [0.29, 0.717) is 12.1 Å². The van der Waals surface area contributed by atoms with Gasteiger partial charge in [0.15, 0.2) is 0 Å². The average molecular weight is 285 g/mol. The molecule has 1 rings (SSSR count). The van der Waals surface area contributed by atoms with E-state index in [0.717, 1.165) is 0 Å². The van der Waals surface area contributed by atoms with Crippen LogP contribution in [0, 0.1) is 15.9 Å². The smallest absolute Gasteiger partial charge is 0.338 e. The van der Waals surface area contributed by atoms with E-state index in [1.165, 1.54) is 14.0 Å². The Hall–Kier alpha value is -2.71. The molecule has 0 radical (unpaired) electrons. The summed E-state index contributed by atoms with van der Waals surface area (Å²) in [4.78, 5) is 32.1. The third kappa shape index (κ3) is 3.19. The molecule has 1 aromatic carbocycles. The molecule has 0 saturated heterocycles. The summed E-state index contributed by atoms with van der Waals surface area (Å²) in [7, 11) is 1.38. The van der Waals surface area contributed by atoms with Crippen molar-refractivity contribution in [3.8, 4) is 0 Å². The van der Waals surface area contributed by atoms with Gasteiger partial charge in [0.1, 0.15) is 23.1 Å². The van der Waals surface area contributed by atoms with Crippen molar-refractivity contribution in [3.63, 3.8) is 0 Å². The molecule has 0 saturated carbocycles. The largest absolute Gasteiger partial charge is 0.478 e. The zero-order valence-electron chi connectivity index (χ0n) is 10.6. The minimum absolute atomic E-state index is 0.270. The van der Waals surface area contributed by atoms with Crippen LogP contribution in [0.4, 0.5) is 15.8 Å². The molecule has 20 heavy (non-hydrogen) atoms. The van der Waals surface area contributed by atoms with Crippen LogP contribution < -0.4 is 10.6 Å². The third-order valence-corrected chi connectivity index (χ3v) is 2.52. The molecule has 8 nitrogen and oxygen atoms in total. The van der Waals surface area contributed by atoms with Crippen molar-refractivity contribution in [1.29, 1.82) is 0 Å². The molecule has 0 bridgehead atoms. The second-order valence-electron chi connectivity index (χ2n) is 3.89. The lowest BCUT2D eigenvalue weighted by molar-refractivity contribution is -0.384. The van der Waals surface area contributed by atoms with Crippen LogP contribution in [0.15, 0.2) is 12.1 Å². The maximum Gasteiger partial charge on any atom is 0.338 e. The van der Waals surface area contributed by atoms with Crippen LogP contribution >= 0.6 is 0 Å². The highest BCUT2D eigenvalue weighted by Gasteiger charge is 2.24. The summed E-state index contributed by atoms with van der Waals surface area (Å²) in [5, 5.41) is 24.4. The second kappa shape index (κ2) is 5.95. The number of nitrogens with zero attached hydrogens (tertiary/aromatic N) is 1. The monoisotopic (exact) mass is 285 g/mol. The number of benzene rings is 1. The van der Waals surface area contributed by atoms with Crippen LogP contribution in [0.1, 0.15) is 17.3 Å². The summed E-state index contributed by atoms with van der Waals surface area (Å²) < 4.78 is 13.5. The third-order valence-electron chi connectivity index (χ3n) is 2.52. The first kappa shape index (κ1) is 15.3. The maximum absolute atomic E-state index is 13.5. The first-order valence-electron chi connectivity index (χ1n) is 5.47. The molecule has 1 amide bonds. The predicted octanol–water partition coefficient (Wildman–Crippen LogP) is 0.978. The van der Waals surface area contributed by atoms with Gasteiger partial charge in [0.25, 0.3) is 5.69 Å². The number of hydrogen-bond donors (Lipinski definition) is 3. The molecule has 0 fully saturated rings. The highest BCUT2D eigenvalue weighted by Crippen LogP contribution is 2.28. The molecule has 1 atom stereocenters. The van der Waals surface area contributed by atoms with Gasteiger partial charge in [-0.25, -0.2) is 9.18 Å². The number of carboxylic acids is 1. The fraction of sp³-hybridized carbons (Fsp3) is 0.273. The van der Waals surface area contributed by atoms with Crippen molar-refractivity contribution >= 4 is 23.3 Å². The molecule has 1 aromatic rings. The fourth-order valence-electron chi connectivity index (χ4n) is 1.51. The topological polar surface area (TPSA) is 122 Å². The van der Waals surface area contributed by atoms with Gasteiger partial charge in [-0.1, -0.05) is 0 Å². The molecule has 0 aromatic heterocycles. The van der Waals surface area contributed by atoms with Gasteiger partial charge >= 0.3 is 5.97 Å². The van der Waals surface area contributed by atoms with E-state index in [9.17, 15) is 24.1 Å². The Morgan fingerprint density at radius 1 is 1.45 bits per heavy atom. The quantitative estimate of drug-likeness (QED) is 0.547. The SMILES string of the molecule is CNC(=O)C(C)Nc1cc(F)c(C(=O)O)cc1[N+](=O)[O-]. The van der Waals surface area contributed by atoms with Gasteiger partial charge in [0, 0.05) is 19.2 Å². The molecular formula is C11H12FN3O5. The molecule has 108 valence electrons. The molecule has 3 N–H and O–H groups in total. The summed E-state index contributed by atoms with van der Waals surface area (Å²) in [6.07, 6.45) is 0. The molecule has 0 spiro atoms. The molecule has 0 aliphatic carbocycles. The van der Waals surface area contributed by atoms with E-state index in [4.69, 9.17) is 5.11 Å². The van der Waals surface area contributed by atoms with E-state index in [2.05, 4.69) is 10.6 Å². The zero-order chi connectivity index (χ0) is 15.4. The number of nitro groups is 1. The fourth-order valence-corrected chi connectivity index (χ4v) is 1.51. The highest BCUT2D eigenvalue weighted by atomic mass is 19.1. The van der Waals surface area contributed by atoms with E-state index in [1.54, 1.807) is 0 Å². The van der Waals surface area contributed by atoms with Crippen LogP contribution in [0.25, 0.3) is 0 Å². The number of carbonyl (C=O) groups excluding carboxylic acids is 1. The van der Waals surface area contributed by atoms with Crippen molar-refractivity contribution in [2.24, 2.45) is 0 Å². The minimum atomic E-state index is -1.61. The Balaban J connectivity index is 3.25. The van der Waals surface area contributed by atoms with Gasteiger partial charge in [-0.05, 0) is 6.92 Å². The lowest BCUT2D eigenvalue weighted by atomic mass is 10.1. The van der Waals surface area contributed by atoms with Gasteiger partial charge in [-0.15, -0.1) is 0 Å². The van der Waals surface area contributed by atoms with E-state index >= 15 is 0 Å². The van der Waals surface area contributed by atoms with Crippen molar-refractivity contribution in [2.45, 2.75) is 13.0 Å². The van der Waals surface area contributed by atoms with Crippen LogP contribution in [0.5, 0.6) is 0 Å². The number of likely N-dealkylation sites (N-methyl/N-ethyl adjacent to an activating group) is 1. The predicted molar refractivity (Wildman–Crippen MR) is 67.2 cm³/mol. The van der Waals surface area contributed by atoms with Crippen molar-refractivity contribution in [3.05, 3.63) is 33.6 Å². The number of halogens is 1. The Morgan fingerprint density at radius 3 is 2.50 bits per heavy atom. The van der Waals surface area contributed by atoms with Gasteiger partial charge in [-0.3, -0.25) is 14.9 Å². The molecule has 0 heterocycles. The molecular weight excluding hydrogens is 273 g/mol. The van der Waals surface area contributed by atoms with Crippen LogP contribution in [-0.4, -0.2) is 35.0 Å². The Bertz CT molecular complexity index is 575. The number of amides is 1. The number of carbonyl (C=O) groups is 2. The molecule has 1 unspecified atom stereocenters. The van der Waals surface area contributed by atoms with Crippen molar-refractivity contribution in [2.75, 3.05) is 12.4 Å². The van der Waals surface area contributed by atoms with Crippen molar-refractivity contribution < 1.29 is 24.0 Å². The van der Waals surface area contributed by atoms with Crippen LogP contribution in [0.2, 0.25) is 0 Å². The normalized spacial score (nSPS) is 11.6. The number of aromatic carboxylic acids is 1. The Kier molecular flexibility index (Phi) is 4.57. The summed E-state index contributed by atoms with van der Waals surface area (Å²) in [5.41, 5.74) is -1.71. The van der Waals surface area contributed by atoms with Crippen LogP contribution in [-0.2, 0) is 4.79 Å². The summed E-state index contributed by atoms with van der Waals surface area (Å²) in [5.74, 6) is -3.20. The van der Waals surface area contributed by atoms with Gasteiger partial charge in [0.2, 0.25) is 5.91 Å². The first-order valence-corrected chi connectivity index (χ1v) is 5.47. The number of anilines is 1. The number of rotatable bonds is 5. The summed E-state index contributed by atoms with van der Waals surface area (Å²) >= 11 is 0. The molecule has 0 aliphatic rings. The van der Waals surface area contributed by atoms with E-state index in [1.807, 2.05) is 0 Å². The Labute approximate surface area is 112 Å². The summed E-state index contributed by atoms with van der Waals surface area (Å²) in [6.45, 7) is 1.42. The molecule has 9 heteroatoms. The average Bonchev–Trinajstić information content (AvgIpc) is 2.36. The molecule has 0 aliphatic heterocycles. The van der Waals surface area contributed by atoms with Gasteiger partial charge in [0.05, 0.1) is 4.92 Å². The Morgan fingerprint density at radius 2 is 2.05 bits per heavy atom. The van der Waals surface area contributed by atoms with E-state index < -0.39 is 39.9 Å². The van der Waals surface area contributed by atoms with Crippen molar-refractivity contribution in [1.82, 2.24) is 5.32 Å². The summed E-state index contributed by atoms with van der Waals surface area (Å²) in [6, 6.07) is 0.436. The first-order chi connectivity index (χ1) is 9.27. The van der Waals surface area contributed by atoms with Gasteiger partial charge < -0.3 is 15.7 Å². The number of nitrogens with one attached hydrogen (secondary N) is 2. The number of nitro benzene ring substituents is 1.